The van der Waals surface area contributed by atoms with Gasteiger partial charge in [0.2, 0.25) is 0 Å². The van der Waals surface area contributed by atoms with Crippen molar-refractivity contribution in [2.24, 2.45) is 11.3 Å². The molecule has 6 heteroatoms. The Morgan fingerprint density at radius 3 is 2.31 bits per heavy atom. The second kappa shape index (κ2) is 9.03. The minimum Gasteiger partial charge on any atom is -0.429 e. The quantitative estimate of drug-likeness (QED) is 0.415. The van der Waals surface area contributed by atoms with Crippen molar-refractivity contribution in [3.8, 4) is 0 Å². The normalized spacial score (nSPS) is 20.3. The number of hydrogen-bond donors (Lipinski definition) is 0. The van der Waals surface area contributed by atoms with Gasteiger partial charge < -0.3 is 4.74 Å². The third-order valence-electron chi connectivity index (χ3n) is 4.87. The Bertz CT molecular complexity index is 602. The van der Waals surface area contributed by atoms with Crippen molar-refractivity contribution >= 4 is 12.1 Å². The van der Waals surface area contributed by atoms with Gasteiger partial charge in [-0.1, -0.05) is 46.2 Å². The minimum absolute atomic E-state index is 0.0311. The zero-order valence-corrected chi connectivity index (χ0v) is 15.9. The Morgan fingerprint density at radius 2 is 1.69 bits per heavy atom. The van der Waals surface area contributed by atoms with E-state index in [0.717, 1.165) is 37.7 Å². The summed E-state index contributed by atoms with van der Waals surface area (Å²) in [5.41, 5.74) is 1.44. The Balaban J connectivity index is 1.78. The van der Waals surface area contributed by atoms with Crippen LogP contribution < -0.4 is 0 Å². The standard InChI is InChI=1S/C20H28O6/c1-5-14-10-12-15(13-11-14)18(21)24-26-25-19(22)23-17-9-7-6-8-16(17)20(2,3)4/h10-13,16-17H,5-9H2,1-4H3. The van der Waals surface area contributed by atoms with E-state index in [-0.39, 0.29) is 17.4 Å². The van der Waals surface area contributed by atoms with E-state index in [9.17, 15) is 9.59 Å². The summed E-state index contributed by atoms with van der Waals surface area (Å²) in [4.78, 5) is 32.6. The van der Waals surface area contributed by atoms with Gasteiger partial charge in [-0.25, -0.2) is 14.5 Å². The average Bonchev–Trinajstić information content (AvgIpc) is 2.61. The molecular weight excluding hydrogens is 336 g/mol. The van der Waals surface area contributed by atoms with Gasteiger partial charge in [0.05, 0.1) is 10.6 Å². The Labute approximate surface area is 154 Å². The van der Waals surface area contributed by atoms with Crippen LogP contribution in [-0.4, -0.2) is 18.2 Å². The molecule has 6 nitrogen and oxygen atoms in total. The van der Waals surface area contributed by atoms with Crippen molar-refractivity contribution in [1.82, 2.24) is 0 Å². The maximum Gasteiger partial charge on any atom is 0.543 e. The molecule has 1 aromatic rings. The number of carbonyl (C=O) groups excluding carboxylic acids is 2. The molecule has 0 spiro atoms. The first kappa shape index (κ1) is 20.2. The Morgan fingerprint density at radius 1 is 1.04 bits per heavy atom. The molecule has 0 aliphatic heterocycles. The van der Waals surface area contributed by atoms with Gasteiger partial charge in [0.25, 0.3) is 0 Å². The van der Waals surface area contributed by atoms with Crippen LogP contribution in [0.25, 0.3) is 0 Å². The zero-order valence-electron chi connectivity index (χ0n) is 15.9. The lowest BCUT2D eigenvalue weighted by molar-refractivity contribution is -0.453. The van der Waals surface area contributed by atoms with Crippen molar-refractivity contribution in [2.75, 3.05) is 0 Å². The number of carbonyl (C=O) groups is 2. The van der Waals surface area contributed by atoms with E-state index in [1.807, 2.05) is 19.1 Å². The highest BCUT2D eigenvalue weighted by Gasteiger charge is 2.37. The number of hydrogen-bond acceptors (Lipinski definition) is 6. The zero-order chi connectivity index (χ0) is 19.2. The van der Waals surface area contributed by atoms with Gasteiger partial charge in [-0.2, -0.15) is 0 Å². The van der Waals surface area contributed by atoms with E-state index < -0.39 is 12.1 Å². The fraction of sp³-hybridized carbons (Fsp3) is 0.600. The molecule has 1 aliphatic rings. The highest BCUT2D eigenvalue weighted by molar-refractivity contribution is 5.88. The van der Waals surface area contributed by atoms with Crippen LogP contribution >= 0.6 is 0 Å². The largest absolute Gasteiger partial charge is 0.543 e. The predicted octanol–water partition coefficient (Wildman–Crippen LogP) is 5.01. The molecule has 1 saturated carbocycles. The third kappa shape index (κ3) is 5.73. The number of ether oxygens (including phenoxy) is 1. The van der Waals surface area contributed by atoms with Gasteiger partial charge in [-0.05, 0) is 48.8 Å². The summed E-state index contributed by atoms with van der Waals surface area (Å²) in [5.74, 6) is -0.492. The number of rotatable bonds is 5. The van der Waals surface area contributed by atoms with Crippen LogP contribution in [0.4, 0.5) is 4.79 Å². The van der Waals surface area contributed by atoms with Crippen molar-refractivity contribution < 1.29 is 29.1 Å². The monoisotopic (exact) mass is 364 g/mol. The number of aryl methyl sites for hydroxylation is 1. The van der Waals surface area contributed by atoms with E-state index in [1.54, 1.807) is 12.1 Å². The second-order valence-corrected chi connectivity index (χ2v) is 7.74. The molecule has 26 heavy (non-hydrogen) atoms. The molecule has 0 aromatic heterocycles. The molecule has 0 bridgehead atoms. The minimum atomic E-state index is -1.000. The molecular formula is C20H28O6. The highest BCUT2D eigenvalue weighted by atomic mass is 17.5. The lowest BCUT2D eigenvalue weighted by Gasteiger charge is -2.39. The highest BCUT2D eigenvalue weighted by Crippen LogP contribution is 2.39. The molecule has 1 aliphatic carbocycles. The van der Waals surface area contributed by atoms with Gasteiger partial charge in [0.15, 0.2) is 0 Å². The topological polar surface area (TPSA) is 71.1 Å². The summed E-state index contributed by atoms with van der Waals surface area (Å²) in [5, 5.41) is 4.31. The van der Waals surface area contributed by atoms with Crippen LogP contribution in [0.1, 0.15) is 69.3 Å². The lowest BCUT2D eigenvalue weighted by Crippen LogP contribution is -2.38. The van der Waals surface area contributed by atoms with Crippen molar-refractivity contribution in [3.05, 3.63) is 35.4 Å². The SMILES string of the molecule is CCc1ccc(C(=O)OOOC(=O)OC2CCCCC2C(C)(C)C)cc1. The van der Waals surface area contributed by atoms with Crippen LogP contribution in [0, 0.1) is 11.3 Å². The molecule has 2 rings (SSSR count). The molecule has 144 valence electrons. The molecule has 0 heterocycles. The predicted molar refractivity (Wildman–Crippen MR) is 95.1 cm³/mol. The number of benzene rings is 1. The molecule has 0 amide bonds. The van der Waals surface area contributed by atoms with Crippen molar-refractivity contribution in [2.45, 2.75) is 65.9 Å². The summed E-state index contributed by atoms with van der Waals surface area (Å²) in [7, 11) is 0. The first-order chi connectivity index (χ1) is 12.3. The van der Waals surface area contributed by atoms with Crippen LogP contribution in [0.15, 0.2) is 24.3 Å². The first-order valence-corrected chi connectivity index (χ1v) is 9.16. The molecule has 1 aromatic carbocycles. The maximum atomic E-state index is 11.8. The van der Waals surface area contributed by atoms with Crippen LogP contribution in [-0.2, 0) is 26.0 Å². The van der Waals surface area contributed by atoms with Crippen LogP contribution in [0.2, 0.25) is 0 Å². The second-order valence-electron chi connectivity index (χ2n) is 7.74. The van der Waals surface area contributed by atoms with Crippen LogP contribution in [0.5, 0.6) is 0 Å². The van der Waals surface area contributed by atoms with Gasteiger partial charge in [0.1, 0.15) is 6.10 Å². The van der Waals surface area contributed by atoms with Crippen molar-refractivity contribution in [1.29, 1.82) is 0 Å². The summed E-state index contributed by atoms with van der Waals surface area (Å²) in [6, 6.07) is 6.89. The lowest BCUT2D eigenvalue weighted by atomic mass is 9.71. The van der Waals surface area contributed by atoms with Gasteiger partial charge >= 0.3 is 12.1 Å². The maximum absolute atomic E-state index is 11.8. The van der Waals surface area contributed by atoms with E-state index in [2.05, 4.69) is 35.6 Å². The smallest absolute Gasteiger partial charge is 0.429 e. The average molecular weight is 364 g/mol. The van der Waals surface area contributed by atoms with Gasteiger partial charge in [0, 0.05) is 5.92 Å². The first-order valence-electron chi connectivity index (χ1n) is 9.16. The molecule has 0 N–H and O–H groups in total. The van der Waals surface area contributed by atoms with E-state index in [0.29, 0.717) is 5.56 Å². The molecule has 0 radical (unpaired) electrons. The summed E-state index contributed by atoms with van der Waals surface area (Å²) >= 11 is 0. The van der Waals surface area contributed by atoms with Gasteiger partial charge in [-0.15, -0.1) is 0 Å². The fourth-order valence-corrected chi connectivity index (χ4v) is 3.37. The molecule has 1 fully saturated rings. The van der Waals surface area contributed by atoms with E-state index in [4.69, 9.17) is 4.74 Å². The molecule has 2 unspecified atom stereocenters. The summed E-state index contributed by atoms with van der Waals surface area (Å²) in [6.07, 6.45) is 3.58. The summed E-state index contributed by atoms with van der Waals surface area (Å²) in [6.45, 7) is 8.42. The van der Waals surface area contributed by atoms with E-state index in [1.165, 1.54) is 0 Å². The van der Waals surface area contributed by atoms with E-state index >= 15 is 0 Å². The summed E-state index contributed by atoms with van der Waals surface area (Å²) < 4.78 is 5.37. The van der Waals surface area contributed by atoms with Gasteiger partial charge in [-0.3, -0.25) is 4.89 Å². The van der Waals surface area contributed by atoms with Crippen molar-refractivity contribution in [3.63, 3.8) is 0 Å². The fourth-order valence-electron chi connectivity index (χ4n) is 3.37. The molecule has 2 atom stereocenters. The molecule has 0 saturated heterocycles. The van der Waals surface area contributed by atoms with Crippen LogP contribution in [0.3, 0.4) is 0 Å². The third-order valence-corrected chi connectivity index (χ3v) is 4.87. The Kier molecular flexibility index (Phi) is 7.03. The Hall–Kier alpha value is -2.08.